The molecule has 14 heavy (non-hydrogen) atoms. The van der Waals surface area contributed by atoms with Crippen LogP contribution in [0.5, 0.6) is 5.75 Å². The minimum absolute atomic E-state index is 0.696. The topological polar surface area (TPSA) is 63.7 Å². The van der Waals surface area contributed by atoms with Crippen molar-refractivity contribution in [3.05, 3.63) is 24.7 Å². The van der Waals surface area contributed by atoms with Crippen LogP contribution in [0, 0.1) is 0 Å². The molecule has 0 bridgehead atoms. The van der Waals surface area contributed by atoms with Gasteiger partial charge in [-0.25, -0.2) is 9.97 Å². The van der Waals surface area contributed by atoms with Gasteiger partial charge in [0.15, 0.2) is 10.9 Å². The number of nitrogens with zero attached hydrogens (tertiary/aromatic N) is 3. The lowest BCUT2D eigenvalue weighted by Crippen LogP contribution is -1.88. The first-order chi connectivity index (χ1) is 6.90. The fourth-order valence-corrected chi connectivity index (χ4v) is 1.69. The van der Waals surface area contributed by atoms with E-state index in [2.05, 4.69) is 20.2 Å². The first-order valence-electron chi connectivity index (χ1n) is 3.92. The van der Waals surface area contributed by atoms with Gasteiger partial charge in [0.2, 0.25) is 0 Å². The van der Waals surface area contributed by atoms with Crippen molar-refractivity contribution in [3.8, 4) is 5.75 Å². The molecule has 0 amide bonds. The van der Waals surface area contributed by atoms with Gasteiger partial charge in [-0.1, -0.05) is 0 Å². The van der Waals surface area contributed by atoms with Gasteiger partial charge in [-0.15, -0.1) is 0 Å². The first-order valence-corrected chi connectivity index (χ1v) is 4.74. The lowest BCUT2D eigenvalue weighted by Gasteiger charge is -2.03. The molecule has 6 heteroatoms. The standard InChI is InChI=1S/C8H8N4OS/c1-13-6-3-2-4-9-7(6)14-8-10-5-11-12-8/h2-5H,1H3,(H,10,11,12). The van der Waals surface area contributed by atoms with Crippen LogP contribution in [-0.4, -0.2) is 27.3 Å². The van der Waals surface area contributed by atoms with Crippen LogP contribution in [-0.2, 0) is 0 Å². The number of rotatable bonds is 3. The van der Waals surface area contributed by atoms with E-state index in [1.165, 1.54) is 18.1 Å². The summed E-state index contributed by atoms with van der Waals surface area (Å²) in [7, 11) is 1.61. The number of aromatic amines is 1. The Morgan fingerprint density at radius 1 is 1.43 bits per heavy atom. The van der Waals surface area contributed by atoms with Gasteiger partial charge >= 0.3 is 0 Å². The number of hydrogen-bond acceptors (Lipinski definition) is 5. The Hall–Kier alpha value is -1.56. The number of aromatic nitrogens is 4. The molecular weight excluding hydrogens is 200 g/mol. The van der Waals surface area contributed by atoms with Gasteiger partial charge in [-0.3, -0.25) is 5.10 Å². The van der Waals surface area contributed by atoms with E-state index >= 15 is 0 Å². The Labute approximate surface area is 84.9 Å². The molecule has 0 unspecified atom stereocenters. The van der Waals surface area contributed by atoms with Gasteiger partial charge in [0.05, 0.1) is 7.11 Å². The van der Waals surface area contributed by atoms with Crippen molar-refractivity contribution in [2.75, 3.05) is 7.11 Å². The van der Waals surface area contributed by atoms with Crippen LogP contribution in [0.2, 0.25) is 0 Å². The second-order valence-electron chi connectivity index (χ2n) is 2.40. The molecule has 0 atom stereocenters. The minimum atomic E-state index is 0.696. The summed E-state index contributed by atoms with van der Waals surface area (Å²) < 4.78 is 5.15. The van der Waals surface area contributed by atoms with Crippen molar-refractivity contribution in [1.29, 1.82) is 0 Å². The fraction of sp³-hybridized carbons (Fsp3) is 0.125. The van der Waals surface area contributed by atoms with Gasteiger partial charge < -0.3 is 4.74 Å². The molecule has 5 nitrogen and oxygen atoms in total. The summed E-state index contributed by atoms with van der Waals surface area (Å²) in [5, 5.41) is 7.96. The first kappa shape index (κ1) is 9.01. The van der Waals surface area contributed by atoms with E-state index in [4.69, 9.17) is 4.74 Å². The molecule has 2 heterocycles. The van der Waals surface area contributed by atoms with Crippen molar-refractivity contribution in [2.24, 2.45) is 0 Å². The predicted octanol–water partition coefficient (Wildman–Crippen LogP) is 1.36. The van der Waals surface area contributed by atoms with Crippen molar-refractivity contribution >= 4 is 11.8 Å². The summed E-state index contributed by atoms with van der Waals surface area (Å²) in [5.41, 5.74) is 0. The van der Waals surface area contributed by atoms with Crippen LogP contribution in [0.1, 0.15) is 0 Å². The third-order valence-corrected chi connectivity index (χ3v) is 2.43. The number of pyridine rings is 1. The smallest absolute Gasteiger partial charge is 0.189 e. The zero-order chi connectivity index (χ0) is 9.80. The van der Waals surface area contributed by atoms with E-state index in [9.17, 15) is 0 Å². The summed E-state index contributed by atoms with van der Waals surface area (Å²) >= 11 is 1.38. The second kappa shape index (κ2) is 4.10. The summed E-state index contributed by atoms with van der Waals surface area (Å²) in [5.74, 6) is 0.730. The zero-order valence-electron chi connectivity index (χ0n) is 7.47. The summed E-state index contributed by atoms with van der Waals surface area (Å²) in [4.78, 5) is 8.16. The van der Waals surface area contributed by atoms with Gasteiger partial charge in [-0.05, 0) is 23.9 Å². The average molecular weight is 208 g/mol. The number of H-pyrrole nitrogens is 1. The maximum absolute atomic E-state index is 5.15. The second-order valence-corrected chi connectivity index (χ2v) is 3.38. The van der Waals surface area contributed by atoms with Crippen molar-refractivity contribution < 1.29 is 4.74 Å². The molecule has 0 saturated carbocycles. The Morgan fingerprint density at radius 2 is 2.36 bits per heavy atom. The molecule has 0 spiro atoms. The monoisotopic (exact) mass is 208 g/mol. The van der Waals surface area contributed by atoms with Crippen molar-refractivity contribution in [3.63, 3.8) is 0 Å². The number of hydrogen-bond donors (Lipinski definition) is 1. The fourth-order valence-electron chi connectivity index (χ4n) is 0.943. The quantitative estimate of drug-likeness (QED) is 0.825. The lowest BCUT2D eigenvalue weighted by atomic mass is 10.5. The lowest BCUT2D eigenvalue weighted by molar-refractivity contribution is 0.400. The number of methoxy groups -OCH3 is 1. The number of ether oxygens (including phenoxy) is 1. The highest BCUT2D eigenvalue weighted by Crippen LogP contribution is 2.29. The molecule has 0 saturated heterocycles. The highest BCUT2D eigenvalue weighted by atomic mass is 32.2. The highest BCUT2D eigenvalue weighted by Gasteiger charge is 2.06. The largest absolute Gasteiger partial charge is 0.494 e. The molecule has 0 aliphatic heterocycles. The van der Waals surface area contributed by atoms with Gasteiger partial charge in [0, 0.05) is 6.20 Å². The van der Waals surface area contributed by atoms with E-state index in [0.717, 1.165) is 10.8 Å². The van der Waals surface area contributed by atoms with Crippen LogP contribution in [0.25, 0.3) is 0 Å². The van der Waals surface area contributed by atoms with E-state index in [1.807, 2.05) is 12.1 Å². The van der Waals surface area contributed by atoms with E-state index in [0.29, 0.717) is 5.16 Å². The van der Waals surface area contributed by atoms with Gasteiger partial charge in [0.1, 0.15) is 11.4 Å². The van der Waals surface area contributed by atoms with Crippen LogP contribution >= 0.6 is 11.8 Å². The van der Waals surface area contributed by atoms with Crippen LogP contribution < -0.4 is 4.74 Å². The van der Waals surface area contributed by atoms with E-state index in [1.54, 1.807) is 13.3 Å². The van der Waals surface area contributed by atoms with Crippen LogP contribution in [0.15, 0.2) is 34.8 Å². The van der Waals surface area contributed by atoms with Crippen molar-refractivity contribution in [1.82, 2.24) is 20.2 Å². The maximum Gasteiger partial charge on any atom is 0.189 e. The molecule has 2 aromatic rings. The van der Waals surface area contributed by atoms with Crippen LogP contribution in [0.4, 0.5) is 0 Å². The molecule has 1 N–H and O–H groups in total. The Kier molecular flexibility index (Phi) is 2.64. The molecule has 0 aliphatic rings. The molecule has 0 fully saturated rings. The summed E-state index contributed by atoms with van der Waals surface area (Å²) in [6.07, 6.45) is 3.17. The predicted molar refractivity (Wildman–Crippen MR) is 51.3 cm³/mol. The number of nitrogens with one attached hydrogen (secondary N) is 1. The van der Waals surface area contributed by atoms with E-state index in [-0.39, 0.29) is 0 Å². The maximum atomic E-state index is 5.15. The van der Waals surface area contributed by atoms with Crippen LogP contribution in [0.3, 0.4) is 0 Å². The Balaban J connectivity index is 2.24. The molecule has 0 radical (unpaired) electrons. The minimum Gasteiger partial charge on any atom is -0.494 e. The molecule has 72 valence electrons. The van der Waals surface area contributed by atoms with E-state index < -0.39 is 0 Å². The zero-order valence-corrected chi connectivity index (χ0v) is 8.28. The Morgan fingerprint density at radius 3 is 3.07 bits per heavy atom. The summed E-state index contributed by atoms with van der Waals surface area (Å²) in [6.45, 7) is 0. The Bertz CT molecular complexity index is 403. The molecule has 0 aromatic carbocycles. The third-order valence-electron chi connectivity index (χ3n) is 1.54. The molecule has 0 aliphatic carbocycles. The van der Waals surface area contributed by atoms with Crippen molar-refractivity contribution in [2.45, 2.75) is 10.2 Å². The van der Waals surface area contributed by atoms with Gasteiger partial charge in [0.25, 0.3) is 0 Å². The van der Waals surface area contributed by atoms with Gasteiger partial charge in [-0.2, -0.15) is 5.10 Å². The normalized spacial score (nSPS) is 10.1. The highest BCUT2D eigenvalue weighted by molar-refractivity contribution is 7.99. The molecule has 2 aromatic heterocycles. The molecule has 2 rings (SSSR count). The SMILES string of the molecule is COc1cccnc1Sc1ncn[nH]1. The summed E-state index contributed by atoms with van der Waals surface area (Å²) in [6, 6.07) is 3.68. The average Bonchev–Trinajstić information content (AvgIpc) is 2.71. The molecular formula is C8H8N4OS. The third kappa shape index (κ3) is 1.85.